The number of allylic oxidation sites excluding steroid dienone is 2. The molecule has 0 bridgehead atoms. The molecule has 2 saturated heterocycles. The van der Waals surface area contributed by atoms with E-state index in [0.717, 1.165) is 37.5 Å². The van der Waals surface area contributed by atoms with Crippen LogP contribution in [0.25, 0.3) is 20.7 Å². The highest BCUT2D eigenvalue weighted by Crippen LogP contribution is 2.65. The summed E-state index contributed by atoms with van der Waals surface area (Å²) in [7, 11) is 1.71. The maximum Gasteiger partial charge on any atom is 0.242 e. The van der Waals surface area contributed by atoms with Crippen LogP contribution in [0.15, 0.2) is 109 Å². The maximum absolute atomic E-state index is 15.3. The summed E-state index contributed by atoms with van der Waals surface area (Å²) in [5.74, 6) is -4.73. The fraction of sp³-hybridized carbons (Fsp3) is 0.271. The first-order chi connectivity index (χ1) is 29.4. The van der Waals surface area contributed by atoms with Crippen LogP contribution in [0.2, 0.25) is 5.02 Å². The molecule has 4 heterocycles. The fourth-order valence-electron chi connectivity index (χ4n) is 10.5. The normalized spacial score (nSPS) is 24.5. The number of carbonyl (C=O) groups is 4. The van der Waals surface area contributed by atoms with Crippen molar-refractivity contribution in [3.05, 3.63) is 125 Å². The van der Waals surface area contributed by atoms with Crippen molar-refractivity contribution in [1.29, 1.82) is 0 Å². The highest BCUT2D eigenvalue weighted by molar-refractivity contribution is 7.22. The van der Waals surface area contributed by atoms with Gasteiger partial charge in [0, 0.05) is 45.7 Å². The number of carbonyl (C=O) groups excluding carboxylic acids is 4. The molecule has 6 aromatic rings. The first-order valence-corrected chi connectivity index (χ1v) is 21.7. The first kappa shape index (κ1) is 38.9. The minimum absolute atomic E-state index is 0.125. The minimum atomic E-state index is -1.38. The summed E-state index contributed by atoms with van der Waals surface area (Å²) in [6, 6.07) is 29.6. The van der Waals surface area contributed by atoms with E-state index in [9.17, 15) is 14.7 Å². The van der Waals surface area contributed by atoms with Gasteiger partial charge in [0.05, 0.1) is 40.3 Å². The summed E-state index contributed by atoms with van der Waals surface area (Å²) in [6.07, 6.45) is 2.41. The molecule has 61 heavy (non-hydrogen) atoms. The van der Waals surface area contributed by atoms with Crippen molar-refractivity contribution >= 4 is 79.5 Å². The zero-order chi connectivity index (χ0) is 42.5. The molecule has 13 heteroatoms. The number of para-hydroxylation sites is 2. The molecular formula is C48H42ClN5O6S. The Bertz CT molecular complexity index is 2850. The van der Waals surface area contributed by atoms with Gasteiger partial charge in [-0.2, -0.15) is 5.10 Å². The summed E-state index contributed by atoms with van der Waals surface area (Å²) < 4.78 is 8.43. The molecule has 1 saturated carbocycles. The molecule has 0 unspecified atom stereocenters. The molecule has 0 spiro atoms. The molecule has 0 radical (unpaired) electrons. The molecule has 308 valence electrons. The molecule has 4 amide bonds. The van der Waals surface area contributed by atoms with E-state index in [1.54, 1.807) is 66.4 Å². The quantitative estimate of drug-likeness (QED) is 0.114. The van der Waals surface area contributed by atoms with E-state index < -0.39 is 46.8 Å². The topological polar surface area (TPSA) is 134 Å². The van der Waals surface area contributed by atoms with Crippen LogP contribution in [0.1, 0.15) is 43.7 Å². The second-order valence-corrected chi connectivity index (χ2v) is 18.0. The zero-order valence-electron chi connectivity index (χ0n) is 33.9. The molecule has 2 aliphatic heterocycles. The van der Waals surface area contributed by atoms with Gasteiger partial charge < -0.3 is 15.2 Å². The van der Waals surface area contributed by atoms with Crippen LogP contribution >= 0.6 is 22.9 Å². The number of hydrogen-bond acceptors (Lipinski definition) is 9. The van der Waals surface area contributed by atoms with Gasteiger partial charge in [0.25, 0.3) is 0 Å². The van der Waals surface area contributed by atoms with Crippen LogP contribution in [0, 0.1) is 36.0 Å². The van der Waals surface area contributed by atoms with E-state index in [1.807, 2.05) is 80.6 Å². The molecular weight excluding hydrogens is 810 g/mol. The molecule has 2 N–H and O–H groups in total. The number of aromatic nitrogens is 2. The second kappa shape index (κ2) is 14.5. The van der Waals surface area contributed by atoms with Crippen molar-refractivity contribution in [3.8, 4) is 22.1 Å². The highest BCUT2D eigenvalue weighted by atomic mass is 35.5. The van der Waals surface area contributed by atoms with E-state index in [4.69, 9.17) is 21.4 Å². The standard InChI is InChI=1S/C48H42ClN5O6S/c1-5-60-37-13-9-12-32(42(37)55)41-30-19-20-31-40(46(58)53(44(31)56)29-17-15-28(16-18-29)50-27-10-7-6-8-11-27)34(30)23-35-45(57)54(47(59)48(35,41)3)39-24-36(51-52(39)4)43-25(2)33-22-26(49)14-21-38(33)61-43/h6-19,21-22,24,31,34-35,40-41,50,55H,5,20,23H2,1-4H3/t31-,34+,35-,40-,41+,48+/m0/s1. The van der Waals surface area contributed by atoms with E-state index in [2.05, 4.69) is 5.32 Å². The molecule has 2 aromatic heterocycles. The van der Waals surface area contributed by atoms with Gasteiger partial charge in [0.2, 0.25) is 23.6 Å². The van der Waals surface area contributed by atoms with Crippen LogP contribution in [0.4, 0.5) is 22.9 Å². The number of ether oxygens (including phenoxy) is 1. The molecule has 6 atom stereocenters. The van der Waals surface area contributed by atoms with Gasteiger partial charge in [0.1, 0.15) is 11.5 Å². The van der Waals surface area contributed by atoms with E-state index >= 15 is 9.59 Å². The summed E-state index contributed by atoms with van der Waals surface area (Å²) in [6.45, 7) is 5.92. The number of benzene rings is 4. The smallest absolute Gasteiger partial charge is 0.242 e. The van der Waals surface area contributed by atoms with Gasteiger partial charge in [-0.3, -0.25) is 28.8 Å². The van der Waals surface area contributed by atoms with Crippen LogP contribution in [0.3, 0.4) is 0 Å². The fourth-order valence-corrected chi connectivity index (χ4v) is 11.8. The number of thiophene rings is 1. The lowest BCUT2D eigenvalue weighted by Crippen LogP contribution is -2.49. The van der Waals surface area contributed by atoms with Crippen LogP contribution in [0.5, 0.6) is 11.5 Å². The van der Waals surface area contributed by atoms with Crippen molar-refractivity contribution < 1.29 is 29.0 Å². The number of nitrogens with one attached hydrogen (secondary N) is 1. The van der Waals surface area contributed by atoms with Gasteiger partial charge in [-0.25, -0.2) is 4.90 Å². The zero-order valence-corrected chi connectivity index (χ0v) is 35.5. The number of nitrogens with zero attached hydrogens (tertiary/aromatic N) is 4. The number of fused-ring (bicyclic) bond motifs is 5. The number of imide groups is 2. The predicted molar refractivity (Wildman–Crippen MR) is 236 cm³/mol. The molecule has 3 fully saturated rings. The summed E-state index contributed by atoms with van der Waals surface area (Å²) in [5, 5.41) is 21.7. The van der Waals surface area contributed by atoms with Gasteiger partial charge in [-0.1, -0.05) is 53.6 Å². The number of phenolic OH excluding ortho intramolecular Hbond substituents is 1. The molecule has 4 aliphatic rings. The number of aromatic hydroxyl groups is 1. The van der Waals surface area contributed by atoms with Crippen molar-refractivity contribution in [2.45, 2.75) is 39.5 Å². The Morgan fingerprint density at radius 3 is 2.41 bits per heavy atom. The number of rotatable bonds is 8. The Hall–Kier alpha value is -6.24. The third-order valence-electron chi connectivity index (χ3n) is 13.3. The number of aryl methyl sites for hydroxylation is 2. The maximum atomic E-state index is 15.3. The minimum Gasteiger partial charge on any atom is -0.504 e. The van der Waals surface area contributed by atoms with Crippen molar-refractivity contribution in [2.24, 2.45) is 36.1 Å². The van der Waals surface area contributed by atoms with Gasteiger partial charge in [0.15, 0.2) is 11.5 Å². The SMILES string of the molecule is CCOc1cccc([C@H]2C3=CC[C@@H]4C(=O)N(c5ccc(Nc6ccccc6)cc5)C(=O)[C@@H]4[C@@H]3C[C@H]3C(=O)N(c4cc(-c5sc6ccc(Cl)cc6c5C)nn4C)C(=O)[C@@]23C)c1O. The van der Waals surface area contributed by atoms with Crippen LogP contribution < -0.4 is 19.9 Å². The van der Waals surface area contributed by atoms with Crippen molar-refractivity contribution in [2.75, 3.05) is 21.7 Å². The Kier molecular flexibility index (Phi) is 9.22. The lowest BCUT2D eigenvalue weighted by molar-refractivity contribution is -0.131. The van der Waals surface area contributed by atoms with Crippen molar-refractivity contribution in [1.82, 2.24) is 9.78 Å². The molecule has 4 aromatic carbocycles. The number of hydrogen-bond donors (Lipinski definition) is 2. The Balaban J connectivity index is 1.04. The molecule has 10 rings (SSSR count). The largest absolute Gasteiger partial charge is 0.504 e. The van der Waals surface area contributed by atoms with E-state index in [0.29, 0.717) is 34.4 Å². The lowest BCUT2D eigenvalue weighted by Gasteiger charge is -2.49. The third kappa shape index (κ3) is 5.86. The lowest BCUT2D eigenvalue weighted by atomic mass is 9.51. The number of anilines is 4. The summed E-state index contributed by atoms with van der Waals surface area (Å²) in [4.78, 5) is 62.8. The first-order valence-electron chi connectivity index (χ1n) is 20.5. The molecule has 11 nitrogen and oxygen atoms in total. The molecule has 2 aliphatic carbocycles. The average Bonchev–Trinajstić information content (AvgIpc) is 3.92. The van der Waals surface area contributed by atoms with E-state index in [1.165, 1.54) is 9.80 Å². The number of amides is 4. The van der Waals surface area contributed by atoms with E-state index in [-0.39, 0.29) is 36.2 Å². The van der Waals surface area contributed by atoms with Gasteiger partial charge >= 0.3 is 0 Å². The van der Waals surface area contributed by atoms with Crippen LogP contribution in [-0.2, 0) is 26.2 Å². The summed E-state index contributed by atoms with van der Waals surface area (Å²) in [5.41, 5.74) is 3.60. The number of phenols is 1. The van der Waals surface area contributed by atoms with Gasteiger partial charge in [-0.15, -0.1) is 11.3 Å². The van der Waals surface area contributed by atoms with Gasteiger partial charge in [-0.05, 0) is 111 Å². The Labute approximate surface area is 361 Å². The van der Waals surface area contributed by atoms with Crippen molar-refractivity contribution in [3.63, 3.8) is 0 Å². The Morgan fingerprint density at radius 1 is 0.902 bits per heavy atom. The second-order valence-electron chi connectivity index (χ2n) is 16.5. The monoisotopic (exact) mass is 851 g/mol. The third-order valence-corrected chi connectivity index (χ3v) is 14.8. The highest BCUT2D eigenvalue weighted by Gasteiger charge is 2.68. The predicted octanol–water partition coefficient (Wildman–Crippen LogP) is 9.55. The van der Waals surface area contributed by atoms with Crippen LogP contribution in [-0.4, -0.2) is 45.1 Å². The summed E-state index contributed by atoms with van der Waals surface area (Å²) >= 11 is 7.91. The Morgan fingerprint density at radius 2 is 1.66 bits per heavy atom. The number of halogens is 1. The average molecular weight is 852 g/mol.